The number of unbranched alkanes of at least 4 members (excludes halogenated alkanes) is 1. The first-order valence-corrected chi connectivity index (χ1v) is 6.91. The number of hydrogen-bond acceptors (Lipinski definition) is 2. The molecular weight excluding hydrogens is 294 g/mol. The molecule has 0 aromatic rings. The maximum atomic E-state index is 11.4. The molecule has 0 saturated heterocycles. The zero-order valence-electron chi connectivity index (χ0n) is 9.15. The molecule has 1 atom stereocenters. The van der Waals surface area contributed by atoms with Crippen molar-refractivity contribution in [3.05, 3.63) is 0 Å². The first kappa shape index (κ1) is 16.6. The molecule has 0 heterocycles. The van der Waals surface area contributed by atoms with E-state index in [0.29, 0.717) is 5.88 Å². The van der Waals surface area contributed by atoms with Crippen molar-refractivity contribution in [3.63, 3.8) is 0 Å². The Morgan fingerprint density at radius 1 is 1.38 bits per heavy atom. The highest BCUT2D eigenvalue weighted by atomic mass is 35.5. The van der Waals surface area contributed by atoms with Crippen LogP contribution in [0.15, 0.2) is 0 Å². The van der Waals surface area contributed by atoms with E-state index in [2.05, 4.69) is 0 Å². The molecule has 0 rings (SSSR count). The van der Waals surface area contributed by atoms with Crippen LogP contribution in [0.1, 0.15) is 32.6 Å². The number of halogens is 4. The maximum absolute atomic E-state index is 11.4. The molecule has 1 unspecified atom stereocenters. The molecule has 0 amide bonds. The lowest BCUT2D eigenvalue weighted by Gasteiger charge is -2.20. The predicted molar refractivity (Wildman–Crippen MR) is 69.9 cm³/mol. The Kier molecular flexibility index (Phi) is 9.02. The second-order valence-electron chi connectivity index (χ2n) is 3.41. The van der Waals surface area contributed by atoms with Gasteiger partial charge in [-0.15, -0.1) is 23.2 Å². The zero-order valence-corrected chi connectivity index (χ0v) is 12.2. The van der Waals surface area contributed by atoms with Gasteiger partial charge in [0, 0.05) is 17.7 Å². The van der Waals surface area contributed by atoms with E-state index in [4.69, 9.17) is 51.1 Å². The molecule has 2 nitrogen and oxygen atoms in total. The van der Waals surface area contributed by atoms with Crippen molar-refractivity contribution < 1.29 is 9.53 Å². The van der Waals surface area contributed by atoms with Gasteiger partial charge in [-0.3, -0.25) is 0 Å². The molecule has 16 heavy (non-hydrogen) atoms. The molecule has 0 radical (unpaired) electrons. The molecule has 0 N–H and O–H groups in total. The third kappa shape index (κ3) is 7.05. The van der Waals surface area contributed by atoms with Gasteiger partial charge in [-0.25, -0.2) is 4.79 Å². The van der Waals surface area contributed by atoms with Crippen molar-refractivity contribution in [1.82, 2.24) is 0 Å². The summed E-state index contributed by atoms with van der Waals surface area (Å²) in [5.74, 6) is -0.0321. The Hall–Kier alpha value is 0.630. The van der Waals surface area contributed by atoms with E-state index in [9.17, 15) is 4.79 Å². The summed E-state index contributed by atoms with van der Waals surface area (Å²) in [7, 11) is 0. The van der Waals surface area contributed by atoms with Crippen LogP contribution in [0.4, 0.5) is 0 Å². The normalized spacial score (nSPS) is 13.6. The Labute approximate surface area is 117 Å². The summed E-state index contributed by atoms with van der Waals surface area (Å²) in [6, 6.07) is 0. The quantitative estimate of drug-likeness (QED) is 0.383. The molecule has 0 aromatic carbocycles. The fourth-order valence-corrected chi connectivity index (χ4v) is 2.37. The highest BCUT2D eigenvalue weighted by molar-refractivity contribution is 6.57. The molecule has 6 heteroatoms. The number of ether oxygens (including phenoxy) is 1. The van der Waals surface area contributed by atoms with E-state index in [1.807, 2.05) is 0 Å². The van der Waals surface area contributed by atoms with Crippen LogP contribution in [0.3, 0.4) is 0 Å². The van der Waals surface area contributed by atoms with E-state index in [1.54, 1.807) is 6.92 Å². The van der Waals surface area contributed by atoms with Crippen molar-refractivity contribution in [2.24, 2.45) is 0 Å². The van der Waals surface area contributed by atoms with E-state index in [-0.39, 0.29) is 18.4 Å². The third-order valence-electron chi connectivity index (χ3n) is 1.95. The Morgan fingerprint density at radius 3 is 2.50 bits per heavy atom. The Balaban J connectivity index is 3.98. The van der Waals surface area contributed by atoms with Gasteiger partial charge in [-0.1, -0.05) is 29.6 Å². The Bertz CT molecular complexity index is 209. The fraction of sp³-hybridized carbons (Fsp3) is 0.900. The van der Waals surface area contributed by atoms with Crippen LogP contribution < -0.4 is 0 Å². The van der Waals surface area contributed by atoms with Gasteiger partial charge in [0.05, 0.1) is 6.61 Å². The number of carbonyl (C=O) groups excluding carboxylic acids is 1. The lowest BCUT2D eigenvalue weighted by molar-refractivity contribution is -0.144. The van der Waals surface area contributed by atoms with Gasteiger partial charge < -0.3 is 4.74 Å². The molecule has 0 bridgehead atoms. The summed E-state index contributed by atoms with van der Waals surface area (Å²) in [4.78, 5) is 11.4. The molecule has 0 aliphatic rings. The first-order valence-electron chi connectivity index (χ1n) is 5.19. The van der Waals surface area contributed by atoms with Crippen LogP contribution in [-0.4, -0.2) is 28.2 Å². The topological polar surface area (TPSA) is 26.3 Å². The molecule has 0 aliphatic carbocycles. The first-order chi connectivity index (χ1) is 7.44. The van der Waals surface area contributed by atoms with Gasteiger partial charge in [-0.2, -0.15) is 0 Å². The highest BCUT2D eigenvalue weighted by Crippen LogP contribution is 2.32. The lowest BCUT2D eigenvalue weighted by Crippen LogP contribution is -2.31. The summed E-state index contributed by atoms with van der Waals surface area (Å²) >= 11 is 23.3. The molecule has 96 valence electrons. The minimum atomic E-state index is -1.55. The van der Waals surface area contributed by atoms with E-state index >= 15 is 0 Å². The Morgan fingerprint density at radius 2 is 2.00 bits per heavy atom. The molecule has 0 fully saturated rings. The number of alkyl halides is 4. The molecule has 0 aromatic heterocycles. The van der Waals surface area contributed by atoms with Gasteiger partial charge in [0.25, 0.3) is 0 Å². The smallest absolute Gasteiger partial charge is 0.342 e. The molecule has 0 saturated carbocycles. The van der Waals surface area contributed by atoms with Crippen LogP contribution >= 0.6 is 46.4 Å². The lowest BCUT2D eigenvalue weighted by atomic mass is 10.1. The summed E-state index contributed by atoms with van der Waals surface area (Å²) in [6.45, 7) is 1.94. The highest BCUT2D eigenvalue weighted by Gasteiger charge is 2.37. The van der Waals surface area contributed by atoms with E-state index < -0.39 is 10.3 Å². The second-order valence-corrected chi connectivity index (χ2v) is 5.89. The summed E-state index contributed by atoms with van der Waals surface area (Å²) in [6.07, 6.45) is 2.69. The van der Waals surface area contributed by atoms with Crippen molar-refractivity contribution in [3.8, 4) is 0 Å². The average Bonchev–Trinajstić information content (AvgIpc) is 2.17. The average molecular weight is 310 g/mol. The minimum Gasteiger partial charge on any atom is -0.464 e. The van der Waals surface area contributed by atoms with Gasteiger partial charge in [0.1, 0.15) is 0 Å². The van der Waals surface area contributed by atoms with E-state index in [0.717, 1.165) is 19.3 Å². The van der Waals surface area contributed by atoms with Crippen molar-refractivity contribution in [2.45, 2.75) is 42.3 Å². The fourth-order valence-electron chi connectivity index (χ4n) is 1.16. The van der Waals surface area contributed by atoms with E-state index in [1.165, 1.54) is 0 Å². The summed E-state index contributed by atoms with van der Waals surface area (Å²) in [5.41, 5.74) is 0. The molecular formula is C10H16Cl4O2. The summed E-state index contributed by atoms with van der Waals surface area (Å²) < 4.78 is 3.20. The SMILES string of the molecule is CCOC(=O)C(Cl)(Cl)CC(Cl)CCCCCl. The second kappa shape index (κ2) is 8.68. The van der Waals surface area contributed by atoms with Crippen LogP contribution in [-0.2, 0) is 9.53 Å². The largest absolute Gasteiger partial charge is 0.464 e. The van der Waals surface area contributed by atoms with Crippen molar-refractivity contribution in [1.29, 1.82) is 0 Å². The molecule has 0 aliphatic heterocycles. The van der Waals surface area contributed by atoms with Crippen molar-refractivity contribution in [2.75, 3.05) is 12.5 Å². The van der Waals surface area contributed by atoms with Crippen molar-refractivity contribution >= 4 is 52.4 Å². The van der Waals surface area contributed by atoms with Gasteiger partial charge in [-0.05, 0) is 19.8 Å². The monoisotopic (exact) mass is 308 g/mol. The number of rotatable bonds is 8. The van der Waals surface area contributed by atoms with Crippen LogP contribution in [0.25, 0.3) is 0 Å². The minimum absolute atomic E-state index is 0.179. The predicted octanol–water partition coefficient (Wildman–Crippen LogP) is 4.13. The maximum Gasteiger partial charge on any atom is 0.342 e. The van der Waals surface area contributed by atoms with Crippen LogP contribution in [0, 0.1) is 0 Å². The zero-order chi connectivity index (χ0) is 12.6. The number of hydrogen-bond donors (Lipinski definition) is 0. The van der Waals surface area contributed by atoms with Gasteiger partial charge in [0.2, 0.25) is 4.33 Å². The van der Waals surface area contributed by atoms with Gasteiger partial charge in [0.15, 0.2) is 0 Å². The van der Waals surface area contributed by atoms with Gasteiger partial charge >= 0.3 is 5.97 Å². The standard InChI is InChI=1S/C10H16Cl4O2/c1-2-16-9(15)10(13,14)7-8(12)5-3-4-6-11/h8H,2-7H2,1H3. The molecule has 0 spiro atoms. The number of esters is 1. The summed E-state index contributed by atoms with van der Waals surface area (Å²) in [5, 5.41) is -0.248. The van der Waals surface area contributed by atoms with Crippen LogP contribution in [0.5, 0.6) is 0 Å². The number of carbonyl (C=O) groups is 1. The van der Waals surface area contributed by atoms with Crippen LogP contribution in [0.2, 0.25) is 0 Å². The third-order valence-corrected chi connectivity index (χ3v) is 3.21.